The van der Waals surface area contributed by atoms with E-state index in [9.17, 15) is 22.8 Å². The lowest BCUT2D eigenvalue weighted by Crippen LogP contribution is -2.23. The Bertz CT molecular complexity index is 1240. The molecule has 2 N–H and O–H groups in total. The first-order valence-corrected chi connectivity index (χ1v) is 11.4. The van der Waals surface area contributed by atoms with Crippen LogP contribution in [0.5, 0.6) is 0 Å². The second-order valence-electron chi connectivity index (χ2n) is 7.44. The van der Waals surface area contributed by atoms with Crippen molar-refractivity contribution in [2.75, 3.05) is 11.9 Å². The number of aryl methyl sites for hydroxylation is 1. The minimum absolute atomic E-state index is 0.155. The average Bonchev–Trinajstić information content (AvgIpc) is 2.88. The van der Waals surface area contributed by atoms with Crippen LogP contribution in [0.3, 0.4) is 0 Å². The minimum atomic E-state index is -4.30. The summed E-state index contributed by atoms with van der Waals surface area (Å²) in [5, 5.41) is 11.5. The zero-order valence-electron chi connectivity index (χ0n) is 21.2. The number of nitrogens with zero attached hydrogens (tertiary/aromatic N) is 3. The average molecular weight is 517 g/mol. The summed E-state index contributed by atoms with van der Waals surface area (Å²) >= 11 is 0. The van der Waals surface area contributed by atoms with Gasteiger partial charge < -0.3 is 15.0 Å². The molecule has 3 aromatic heterocycles. The Kier molecular flexibility index (Phi) is 12.7. The van der Waals surface area contributed by atoms with Gasteiger partial charge in [-0.3, -0.25) is 14.6 Å². The molecular weight excluding hydrogens is 485 g/mol. The van der Waals surface area contributed by atoms with Crippen LogP contribution in [0.4, 0.5) is 19.0 Å². The molecule has 0 atom stereocenters. The molecule has 3 heterocycles. The Morgan fingerprint density at radius 3 is 2.38 bits per heavy atom. The first-order chi connectivity index (χ1) is 17.5. The lowest BCUT2D eigenvalue weighted by molar-refractivity contribution is -0.0912. The largest absolute Gasteiger partial charge is 0.412 e. The lowest BCUT2D eigenvalue weighted by Gasteiger charge is -2.07. The van der Waals surface area contributed by atoms with Crippen LogP contribution in [0.1, 0.15) is 42.3 Å². The SMILES string of the molecule is C=C(/C=C(\C)C(F)(F)F)c1cccnc1.CC.Cc1ccc(NC(=O)c2ccc(=O)n(CCO)c2)nc1. The topological polar surface area (TPSA) is 97.1 Å². The van der Waals surface area contributed by atoms with Crippen molar-refractivity contribution in [1.82, 2.24) is 14.5 Å². The molecule has 0 spiro atoms. The van der Waals surface area contributed by atoms with Crippen molar-refractivity contribution >= 4 is 17.3 Å². The second kappa shape index (κ2) is 15.1. The van der Waals surface area contributed by atoms with Crippen molar-refractivity contribution in [2.24, 2.45) is 0 Å². The summed E-state index contributed by atoms with van der Waals surface area (Å²) < 4.78 is 37.9. The van der Waals surface area contributed by atoms with Crippen LogP contribution in [-0.2, 0) is 6.54 Å². The number of amides is 1. The number of aromatic nitrogens is 3. The number of hydrogen-bond donors (Lipinski definition) is 2. The molecular formula is C27H31F3N4O3. The molecule has 1 amide bonds. The summed E-state index contributed by atoms with van der Waals surface area (Å²) in [6.45, 7) is 10.5. The number of allylic oxidation sites excluding steroid dienone is 3. The number of halogens is 3. The van der Waals surface area contributed by atoms with Gasteiger partial charge in [-0.1, -0.05) is 32.6 Å². The van der Waals surface area contributed by atoms with Crippen LogP contribution >= 0.6 is 0 Å². The summed E-state index contributed by atoms with van der Waals surface area (Å²) in [7, 11) is 0. The highest BCUT2D eigenvalue weighted by Gasteiger charge is 2.29. The fourth-order valence-corrected chi connectivity index (χ4v) is 2.66. The van der Waals surface area contributed by atoms with Crippen LogP contribution in [0.2, 0.25) is 0 Å². The number of carbonyl (C=O) groups excluding carboxylic acids is 1. The highest BCUT2D eigenvalue weighted by atomic mass is 19.4. The quantitative estimate of drug-likeness (QED) is 0.426. The molecule has 0 aromatic carbocycles. The van der Waals surface area contributed by atoms with E-state index < -0.39 is 11.7 Å². The van der Waals surface area contributed by atoms with Gasteiger partial charge in [0.25, 0.3) is 11.5 Å². The van der Waals surface area contributed by atoms with Crippen molar-refractivity contribution in [2.45, 2.75) is 40.4 Å². The number of aliphatic hydroxyl groups is 1. The molecule has 0 saturated heterocycles. The van der Waals surface area contributed by atoms with E-state index in [0.717, 1.165) is 18.6 Å². The van der Waals surface area contributed by atoms with E-state index >= 15 is 0 Å². The Morgan fingerprint density at radius 1 is 1.14 bits per heavy atom. The molecule has 0 aliphatic rings. The van der Waals surface area contributed by atoms with Gasteiger partial charge in [0.2, 0.25) is 0 Å². The third-order valence-electron chi connectivity index (χ3n) is 4.61. The smallest absolute Gasteiger partial charge is 0.395 e. The van der Waals surface area contributed by atoms with Crippen molar-refractivity contribution < 1.29 is 23.1 Å². The van der Waals surface area contributed by atoms with Crippen molar-refractivity contribution in [3.05, 3.63) is 106 Å². The van der Waals surface area contributed by atoms with Crippen molar-refractivity contribution in [1.29, 1.82) is 0 Å². The Labute approximate surface area is 214 Å². The van der Waals surface area contributed by atoms with E-state index in [2.05, 4.69) is 21.9 Å². The number of anilines is 1. The number of hydrogen-bond acceptors (Lipinski definition) is 5. The number of rotatable bonds is 6. The van der Waals surface area contributed by atoms with E-state index in [-0.39, 0.29) is 24.6 Å². The molecule has 3 aromatic rings. The summed E-state index contributed by atoms with van der Waals surface area (Å²) in [6, 6.07) is 9.60. The maximum absolute atomic E-state index is 12.2. The highest BCUT2D eigenvalue weighted by molar-refractivity contribution is 6.03. The molecule has 37 heavy (non-hydrogen) atoms. The maximum Gasteiger partial charge on any atom is 0.412 e. The van der Waals surface area contributed by atoms with E-state index in [1.807, 2.05) is 26.8 Å². The molecule has 10 heteroatoms. The summed E-state index contributed by atoms with van der Waals surface area (Å²) in [6.07, 6.45) is 2.81. The summed E-state index contributed by atoms with van der Waals surface area (Å²) in [5.41, 5.74) is 1.29. The van der Waals surface area contributed by atoms with Gasteiger partial charge in [0, 0.05) is 43.0 Å². The molecule has 0 aliphatic carbocycles. The van der Waals surface area contributed by atoms with Crippen molar-refractivity contribution in [3.8, 4) is 0 Å². The fraction of sp³-hybridized carbons (Fsp3) is 0.259. The normalized spacial score (nSPS) is 10.9. The van der Waals surface area contributed by atoms with E-state index in [0.29, 0.717) is 22.5 Å². The van der Waals surface area contributed by atoms with Gasteiger partial charge in [0.05, 0.1) is 12.2 Å². The van der Waals surface area contributed by atoms with E-state index in [1.165, 1.54) is 29.1 Å². The molecule has 198 valence electrons. The Balaban J connectivity index is 0.000000360. The van der Waals surface area contributed by atoms with Crippen LogP contribution in [0, 0.1) is 6.92 Å². The first-order valence-electron chi connectivity index (χ1n) is 11.4. The zero-order chi connectivity index (χ0) is 28.0. The van der Waals surface area contributed by atoms with Gasteiger partial charge in [0.15, 0.2) is 0 Å². The van der Waals surface area contributed by atoms with Gasteiger partial charge in [-0.05, 0) is 54.8 Å². The first kappa shape index (κ1) is 31.0. The maximum atomic E-state index is 12.2. The van der Waals surface area contributed by atoms with Crippen LogP contribution in [0.15, 0.2) is 84.2 Å². The molecule has 0 saturated carbocycles. The third-order valence-corrected chi connectivity index (χ3v) is 4.61. The molecule has 7 nitrogen and oxygen atoms in total. The third kappa shape index (κ3) is 10.6. The van der Waals surface area contributed by atoms with Gasteiger partial charge in [0.1, 0.15) is 5.82 Å². The molecule has 3 rings (SSSR count). The molecule has 0 unspecified atom stereocenters. The zero-order valence-corrected chi connectivity index (χ0v) is 21.2. The lowest BCUT2D eigenvalue weighted by atomic mass is 10.1. The van der Waals surface area contributed by atoms with Gasteiger partial charge in [-0.2, -0.15) is 13.2 Å². The van der Waals surface area contributed by atoms with Crippen LogP contribution in [0.25, 0.3) is 5.57 Å². The Hall–Kier alpha value is -4.05. The second-order valence-corrected chi connectivity index (χ2v) is 7.44. The highest BCUT2D eigenvalue weighted by Crippen LogP contribution is 2.27. The van der Waals surface area contributed by atoms with Crippen LogP contribution < -0.4 is 10.9 Å². The van der Waals surface area contributed by atoms with Gasteiger partial charge >= 0.3 is 6.18 Å². The molecule has 0 aliphatic heterocycles. The predicted molar refractivity (Wildman–Crippen MR) is 139 cm³/mol. The minimum Gasteiger partial charge on any atom is -0.395 e. The molecule has 0 radical (unpaired) electrons. The molecule has 0 bridgehead atoms. The van der Waals surface area contributed by atoms with Gasteiger partial charge in [-0.15, -0.1) is 0 Å². The number of aliphatic hydroxyl groups excluding tert-OH is 1. The number of nitrogens with one attached hydrogen (secondary N) is 1. The number of pyridine rings is 3. The summed E-state index contributed by atoms with van der Waals surface area (Å²) in [4.78, 5) is 31.4. The van der Waals surface area contributed by atoms with Crippen molar-refractivity contribution in [3.63, 3.8) is 0 Å². The van der Waals surface area contributed by atoms with E-state index in [1.54, 1.807) is 30.6 Å². The summed E-state index contributed by atoms with van der Waals surface area (Å²) in [5.74, 6) is 0.0913. The monoisotopic (exact) mass is 516 g/mol. The van der Waals surface area contributed by atoms with Gasteiger partial charge in [-0.25, -0.2) is 4.98 Å². The number of carbonyl (C=O) groups is 1. The predicted octanol–water partition coefficient (Wildman–Crippen LogP) is 5.43. The van der Waals surface area contributed by atoms with Crippen LogP contribution in [-0.4, -0.2) is 38.3 Å². The van der Waals surface area contributed by atoms with E-state index in [4.69, 9.17) is 5.11 Å². The molecule has 0 fully saturated rings. The standard InChI is InChI=1S/C14H15N3O3.C11H10F3N.C2H6/c1-10-2-4-12(15-8-10)16-14(20)11-3-5-13(19)17(9-11)6-7-18;1-8(6-9(2)11(12,13)14)10-4-3-5-15-7-10;1-2/h2-5,8-9,18H,6-7H2,1H3,(H,15,16,20);3-7H,1H2,2H3;1-2H3/b;9-6+;. The Morgan fingerprint density at radius 2 is 1.84 bits per heavy atom. The number of alkyl halides is 3. The fourth-order valence-electron chi connectivity index (χ4n) is 2.66.